The summed E-state index contributed by atoms with van der Waals surface area (Å²) in [6.45, 7) is 0. The Balaban J connectivity index is 1.60. The minimum Gasteiger partial charge on any atom is -0.480 e. The maximum atomic E-state index is 12.7. The van der Waals surface area contributed by atoms with Gasteiger partial charge in [0.1, 0.15) is 11.3 Å². The molecule has 148 valence electrons. The molecular weight excluding hydrogens is 394 g/mol. The van der Waals surface area contributed by atoms with Crippen LogP contribution < -0.4 is 14.8 Å². The Hall–Kier alpha value is -3.46. The molecule has 1 aliphatic heterocycles. The molecule has 1 N–H and O–H groups in total. The Morgan fingerprint density at radius 2 is 2.03 bits per heavy atom. The molecule has 1 amide bonds. The summed E-state index contributed by atoms with van der Waals surface area (Å²) in [7, 11) is 2.78. The van der Waals surface area contributed by atoms with Crippen molar-refractivity contribution in [1.82, 2.24) is 9.97 Å². The van der Waals surface area contributed by atoms with Gasteiger partial charge in [0.25, 0.3) is 5.91 Å². The third-order valence-corrected chi connectivity index (χ3v) is 5.45. The minimum absolute atomic E-state index is 0.223. The molecule has 0 saturated heterocycles. The van der Waals surface area contributed by atoms with Crippen molar-refractivity contribution in [3.8, 4) is 22.2 Å². The zero-order valence-electron chi connectivity index (χ0n) is 15.7. The first-order chi connectivity index (χ1) is 14.1. The zero-order valence-corrected chi connectivity index (χ0v) is 16.5. The summed E-state index contributed by atoms with van der Waals surface area (Å²) in [6, 6.07) is 7.51. The van der Waals surface area contributed by atoms with Crippen molar-refractivity contribution in [3.63, 3.8) is 0 Å². The molecule has 29 heavy (non-hydrogen) atoms. The summed E-state index contributed by atoms with van der Waals surface area (Å²) in [4.78, 5) is 34.1. The molecule has 8 nitrogen and oxygen atoms in total. The molecule has 1 unspecified atom stereocenters. The zero-order chi connectivity index (χ0) is 20.4. The van der Waals surface area contributed by atoms with E-state index in [9.17, 15) is 9.59 Å². The Kier molecular flexibility index (Phi) is 5.13. The summed E-state index contributed by atoms with van der Waals surface area (Å²) in [6.07, 6.45) is 2.76. The number of rotatable bonds is 5. The molecule has 1 aliphatic rings. The summed E-state index contributed by atoms with van der Waals surface area (Å²) < 4.78 is 15.6. The average molecular weight is 411 g/mol. The van der Waals surface area contributed by atoms with Crippen molar-refractivity contribution in [2.45, 2.75) is 12.5 Å². The SMILES string of the molecule is COC(=O)c1c(NC(=O)C2Cc3ccccc3O2)csc1-c1cnc(OC)cn1. The summed E-state index contributed by atoms with van der Waals surface area (Å²) in [5.74, 6) is 0.137. The van der Waals surface area contributed by atoms with Crippen LogP contribution in [0.3, 0.4) is 0 Å². The topological polar surface area (TPSA) is 99.6 Å². The monoisotopic (exact) mass is 411 g/mol. The second kappa shape index (κ2) is 7.88. The Morgan fingerprint density at radius 3 is 2.72 bits per heavy atom. The van der Waals surface area contributed by atoms with Crippen LogP contribution in [-0.4, -0.2) is 42.2 Å². The van der Waals surface area contributed by atoms with Gasteiger partial charge >= 0.3 is 5.97 Å². The number of aromatic nitrogens is 2. The number of esters is 1. The number of para-hydroxylation sites is 1. The quantitative estimate of drug-likeness (QED) is 0.644. The van der Waals surface area contributed by atoms with E-state index in [0.717, 1.165) is 5.56 Å². The molecular formula is C20H17N3O5S. The van der Waals surface area contributed by atoms with Crippen LogP contribution in [-0.2, 0) is 16.0 Å². The number of carbonyl (C=O) groups is 2. The van der Waals surface area contributed by atoms with E-state index in [1.807, 2.05) is 24.3 Å². The summed E-state index contributed by atoms with van der Waals surface area (Å²) in [5, 5.41) is 4.46. The Morgan fingerprint density at radius 1 is 1.21 bits per heavy atom. The number of nitrogens with one attached hydrogen (secondary N) is 1. The lowest BCUT2D eigenvalue weighted by Crippen LogP contribution is -2.31. The third kappa shape index (κ3) is 3.64. The number of methoxy groups -OCH3 is 2. The predicted molar refractivity (Wildman–Crippen MR) is 106 cm³/mol. The number of hydrogen-bond donors (Lipinski definition) is 1. The molecule has 0 radical (unpaired) electrons. The van der Waals surface area contributed by atoms with Crippen molar-refractivity contribution in [1.29, 1.82) is 0 Å². The van der Waals surface area contributed by atoms with Gasteiger partial charge in [0, 0.05) is 11.8 Å². The number of carbonyl (C=O) groups excluding carboxylic acids is 2. The van der Waals surface area contributed by atoms with Crippen LogP contribution in [0.2, 0.25) is 0 Å². The first-order valence-electron chi connectivity index (χ1n) is 8.72. The molecule has 9 heteroatoms. The fourth-order valence-electron chi connectivity index (χ4n) is 3.02. The fraction of sp³-hybridized carbons (Fsp3) is 0.200. The van der Waals surface area contributed by atoms with Gasteiger partial charge in [-0.1, -0.05) is 18.2 Å². The largest absolute Gasteiger partial charge is 0.480 e. The number of anilines is 1. The molecule has 1 atom stereocenters. The van der Waals surface area contributed by atoms with Gasteiger partial charge in [-0.15, -0.1) is 11.3 Å². The normalized spacial score (nSPS) is 14.6. The van der Waals surface area contributed by atoms with Gasteiger partial charge in [0.2, 0.25) is 5.88 Å². The second-order valence-electron chi connectivity index (χ2n) is 6.20. The lowest BCUT2D eigenvalue weighted by Gasteiger charge is -2.12. The van der Waals surface area contributed by atoms with Crippen LogP contribution in [0.1, 0.15) is 15.9 Å². The third-order valence-electron chi connectivity index (χ3n) is 4.45. The van der Waals surface area contributed by atoms with Crippen LogP contribution in [0.25, 0.3) is 10.6 Å². The van der Waals surface area contributed by atoms with Gasteiger partial charge in [-0.3, -0.25) is 4.79 Å². The van der Waals surface area contributed by atoms with E-state index in [0.29, 0.717) is 34.3 Å². The van der Waals surface area contributed by atoms with Gasteiger partial charge in [-0.2, -0.15) is 0 Å². The second-order valence-corrected chi connectivity index (χ2v) is 7.08. The molecule has 3 aromatic rings. The van der Waals surface area contributed by atoms with Crippen LogP contribution in [0.15, 0.2) is 42.0 Å². The van der Waals surface area contributed by atoms with Gasteiger partial charge in [-0.05, 0) is 11.6 Å². The van der Waals surface area contributed by atoms with Crippen LogP contribution >= 0.6 is 11.3 Å². The van der Waals surface area contributed by atoms with Gasteiger partial charge in [0.05, 0.1) is 42.9 Å². The standard InChI is InChI=1S/C20H17N3O5S/c1-26-16-9-21-12(8-22-16)18-17(20(25)27-2)13(10-29-18)23-19(24)15-7-11-5-3-4-6-14(11)28-15/h3-6,8-10,15H,7H2,1-2H3,(H,23,24). The van der Waals surface area contributed by atoms with E-state index in [1.54, 1.807) is 5.38 Å². The van der Waals surface area contributed by atoms with Crippen molar-refractivity contribution in [3.05, 3.63) is 53.2 Å². The maximum Gasteiger partial charge on any atom is 0.341 e. The molecule has 3 heterocycles. The molecule has 1 aromatic carbocycles. The maximum absolute atomic E-state index is 12.7. The van der Waals surface area contributed by atoms with E-state index < -0.39 is 12.1 Å². The van der Waals surface area contributed by atoms with Crippen LogP contribution in [0.4, 0.5) is 5.69 Å². The van der Waals surface area contributed by atoms with Crippen molar-refractivity contribution in [2.24, 2.45) is 0 Å². The molecule has 0 spiro atoms. The summed E-state index contributed by atoms with van der Waals surface area (Å²) >= 11 is 1.26. The van der Waals surface area contributed by atoms with Gasteiger partial charge in [0.15, 0.2) is 6.10 Å². The lowest BCUT2D eigenvalue weighted by molar-refractivity contribution is -0.122. The van der Waals surface area contributed by atoms with E-state index in [2.05, 4.69) is 15.3 Å². The van der Waals surface area contributed by atoms with E-state index in [-0.39, 0.29) is 11.5 Å². The molecule has 2 aromatic heterocycles. The van der Waals surface area contributed by atoms with E-state index in [4.69, 9.17) is 14.2 Å². The highest BCUT2D eigenvalue weighted by Gasteiger charge is 2.31. The molecule has 4 rings (SSSR count). The first-order valence-corrected chi connectivity index (χ1v) is 9.60. The Labute approximate surface area is 170 Å². The highest BCUT2D eigenvalue weighted by Crippen LogP contribution is 2.36. The fourth-order valence-corrected chi connectivity index (χ4v) is 3.97. The number of amides is 1. The lowest BCUT2D eigenvalue weighted by atomic mass is 10.1. The Bertz CT molecular complexity index is 1040. The molecule has 0 aliphatic carbocycles. The van der Waals surface area contributed by atoms with E-state index in [1.165, 1.54) is 38.0 Å². The van der Waals surface area contributed by atoms with Crippen molar-refractivity contribution in [2.75, 3.05) is 19.5 Å². The number of hydrogen-bond acceptors (Lipinski definition) is 8. The molecule has 0 saturated carbocycles. The number of benzene rings is 1. The van der Waals surface area contributed by atoms with E-state index >= 15 is 0 Å². The molecule has 0 fully saturated rings. The smallest absolute Gasteiger partial charge is 0.341 e. The summed E-state index contributed by atoms with van der Waals surface area (Å²) in [5.41, 5.74) is 2.02. The van der Waals surface area contributed by atoms with Gasteiger partial charge < -0.3 is 19.5 Å². The number of ether oxygens (including phenoxy) is 3. The number of nitrogens with zero attached hydrogens (tertiary/aromatic N) is 2. The van der Waals surface area contributed by atoms with Gasteiger partial charge in [-0.25, -0.2) is 14.8 Å². The highest BCUT2D eigenvalue weighted by molar-refractivity contribution is 7.14. The molecule has 0 bridgehead atoms. The van der Waals surface area contributed by atoms with Crippen molar-refractivity contribution >= 4 is 28.9 Å². The number of thiophene rings is 1. The highest BCUT2D eigenvalue weighted by atomic mass is 32.1. The number of fused-ring (bicyclic) bond motifs is 1. The van der Waals surface area contributed by atoms with Crippen molar-refractivity contribution < 1.29 is 23.8 Å². The van der Waals surface area contributed by atoms with Crippen LogP contribution in [0, 0.1) is 0 Å². The average Bonchev–Trinajstić information content (AvgIpc) is 3.37. The van der Waals surface area contributed by atoms with Crippen LogP contribution in [0.5, 0.6) is 11.6 Å². The predicted octanol–water partition coefficient (Wildman–Crippen LogP) is 2.94. The first kappa shape index (κ1) is 18.9. The minimum atomic E-state index is -0.665.